The van der Waals surface area contributed by atoms with Crippen molar-refractivity contribution in [3.05, 3.63) is 24.1 Å². The molecular weight excluding hydrogens is 325 g/mol. The zero-order valence-electron chi connectivity index (χ0n) is 13.8. The second kappa shape index (κ2) is 6.42. The Labute approximate surface area is 144 Å². The number of hydrogen-bond acceptors (Lipinski definition) is 4. The van der Waals surface area contributed by atoms with Gasteiger partial charge in [0.05, 0.1) is 6.20 Å². The summed E-state index contributed by atoms with van der Waals surface area (Å²) in [7, 11) is 0. The molecule has 1 saturated carbocycles. The molecule has 132 valence electrons. The van der Waals surface area contributed by atoms with Crippen molar-refractivity contribution < 1.29 is 14.0 Å². The SMILES string of the molecule is O=C(Nc1nc2ccc(F)cn2n1)[C@H]1CCCN1C(=O)C1CCCC1. The molecule has 0 aromatic carbocycles. The van der Waals surface area contributed by atoms with Crippen molar-refractivity contribution in [2.45, 2.75) is 44.6 Å². The van der Waals surface area contributed by atoms with E-state index in [-0.39, 0.29) is 23.7 Å². The van der Waals surface area contributed by atoms with Crippen LogP contribution in [0.4, 0.5) is 10.3 Å². The number of amides is 2. The van der Waals surface area contributed by atoms with Gasteiger partial charge in [0.1, 0.15) is 11.9 Å². The van der Waals surface area contributed by atoms with E-state index in [1.165, 1.54) is 22.8 Å². The maximum absolute atomic E-state index is 13.2. The van der Waals surface area contributed by atoms with E-state index in [2.05, 4.69) is 15.4 Å². The fraction of sp³-hybridized carbons (Fsp3) is 0.529. The Morgan fingerprint density at radius 3 is 2.76 bits per heavy atom. The Morgan fingerprint density at radius 2 is 1.96 bits per heavy atom. The van der Waals surface area contributed by atoms with Crippen LogP contribution in [0.15, 0.2) is 18.3 Å². The number of hydrogen-bond donors (Lipinski definition) is 1. The maximum Gasteiger partial charge on any atom is 0.249 e. The lowest BCUT2D eigenvalue weighted by Crippen LogP contribution is -2.45. The summed E-state index contributed by atoms with van der Waals surface area (Å²) in [6.45, 7) is 0.622. The molecular formula is C17H20FN5O2. The largest absolute Gasteiger partial charge is 0.330 e. The van der Waals surface area contributed by atoms with Gasteiger partial charge in [-0.05, 0) is 37.8 Å². The molecule has 8 heteroatoms. The second-order valence-electron chi connectivity index (χ2n) is 6.75. The minimum atomic E-state index is -0.476. The molecule has 7 nitrogen and oxygen atoms in total. The van der Waals surface area contributed by atoms with Crippen LogP contribution in [-0.4, -0.2) is 43.9 Å². The summed E-state index contributed by atoms with van der Waals surface area (Å²) in [4.78, 5) is 31.2. The summed E-state index contributed by atoms with van der Waals surface area (Å²) in [5.41, 5.74) is 0.446. The van der Waals surface area contributed by atoms with E-state index < -0.39 is 11.9 Å². The maximum atomic E-state index is 13.2. The zero-order valence-corrected chi connectivity index (χ0v) is 13.8. The van der Waals surface area contributed by atoms with Gasteiger partial charge in [-0.25, -0.2) is 8.91 Å². The molecule has 3 heterocycles. The van der Waals surface area contributed by atoms with Gasteiger partial charge in [0, 0.05) is 12.5 Å². The van der Waals surface area contributed by atoms with Crippen molar-refractivity contribution in [1.29, 1.82) is 0 Å². The fourth-order valence-corrected chi connectivity index (χ4v) is 3.81. The molecule has 1 N–H and O–H groups in total. The number of rotatable bonds is 3. The number of halogens is 1. The summed E-state index contributed by atoms with van der Waals surface area (Å²) < 4.78 is 14.5. The lowest BCUT2D eigenvalue weighted by atomic mass is 10.1. The molecule has 1 atom stereocenters. The average Bonchev–Trinajstić information content (AvgIpc) is 3.33. The number of carbonyl (C=O) groups is 2. The van der Waals surface area contributed by atoms with Crippen LogP contribution in [0.1, 0.15) is 38.5 Å². The van der Waals surface area contributed by atoms with Gasteiger partial charge >= 0.3 is 0 Å². The number of pyridine rings is 1. The van der Waals surface area contributed by atoms with E-state index in [1.807, 2.05) is 0 Å². The molecule has 2 fully saturated rings. The van der Waals surface area contributed by atoms with E-state index in [4.69, 9.17) is 0 Å². The monoisotopic (exact) mass is 345 g/mol. The van der Waals surface area contributed by atoms with E-state index in [9.17, 15) is 14.0 Å². The molecule has 25 heavy (non-hydrogen) atoms. The first-order valence-corrected chi connectivity index (χ1v) is 8.75. The lowest BCUT2D eigenvalue weighted by Gasteiger charge is -2.26. The molecule has 0 spiro atoms. The number of carbonyl (C=O) groups excluding carboxylic acids is 2. The molecule has 1 aliphatic carbocycles. The summed E-state index contributed by atoms with van der Waals surface area (Å²) >= 11 is 0. The topological polar surface area (TPSA) is 79.6 Å². The highest BCUT2D eigenvalue weighted by molar-refractivity contribution is 5.96. The first-order valence-electron chi connectivity index (χ1n) is 8.75. The molecule has 0 unspecified atom stereocenters. The molecule has 4 rings (SSSR count). The quantitative estimate of drug-likeness (QED) is 0.923. The van der Waals surface area contributed by atoms with Gasteiger partial charge in [0.15, 0.2) is 5.65 Å². The van der Waals surface area contributed by atoms with Crippen molar-refractivity contribution in [3.63, 3.8) is 0 Å². The Morgan fingerprint density at radius 1 is 1.16 bits per heavy atom. The van der Waals surface area contributed by atoms with E-state index in [0.29, 0.717) is 18.6 Å². The third-order valence-corrected chi connectivity index (χ3v) is 5.07. The van der Waals surface area contributed by atoms with Gasteiger partial charge in [-0.15, -0.1) is 5.10 Å². The normalized spacial score (nSPS) is 21.2. The van der Waals surface area contributed by atoms with Crippen LogP contribution in [0.2, 0.25) is 0 Å². The van der Waals surface area contributed by atoms with Gasteiger partial charge in [-0.3, -0.25) is 14.9 Å². The third-order valence-electron chi connectivity index (χ3n) is 5.07. The van der Waals surface area contributed by atoms with Gasteiger partial charge in [-0.2, -0.15) is 4.98 Å². The third kappa shape index (κ3) is 3.08. The Hall–Kier alpha value is -2.51. The number of aromatic nitrogens is 3. The van der Waals surface area contributed by atoms with E-state index in [1.54, 1.807) is 4.90 Å². The van der Waals surface area contributed by atoms with E-state index >= 15 is 0 Å². The van der Waals surface area contributed by atoms with Crippen LogP contribution in [-0.2, 0) is 9.59 Å². The second-order valence-corrected chi connectivity index (χ2v) is 6.75. The summed E-state index contributed by atoms with van der Waals surface area (Å²) in [5, 5.41) is 6.73. The zero-order chi connectivity index (χ0) is 17.4. The van der Waals surface area contributed by atoms with Gasteiger partial charge < -0.3 is 4.90 Å². The first-order chi connectivity index (χ1) is 12.1. The molecule has 1 aliphatic heterocycles. The Kier molecular flexibility index (Phi) is 4.10. The number of nitrogens with zero attached hydrogens (tertiary/aromatic N) is 4. The first kappa shape index (κ1) is 16.0. The number of anilines is 1. The van der Waals surface area contributed by atoms with Gasteiger partial charge in [0.25, 0.3) is 0 Å². The smallest absolute Gasteiger partial charge is 0.249 e. The molecule has 2 amide bonds. The molecule has 0 radical (unpaired) electrons. The highest BCUT2D eigenvalue weighted by atomic mass is 19.1. The van der Waals surface area contributed by atoms with Crippen molar-refractivity contribution in [1.82, 2.24) is 19.5 Å². The van der Waals surface area contributed by atoms with Gasteiger partial charge in [0.2, 0.25) is 17.8 Å². The Bertz CT molecular complexity index is 814. The summed E-state index contributed by atoms with van der Waals surface area (Å²) in [6, 6.07) is 2.30. The van der Waals surface area contributed by atoms with Crippen LogP contribution in [0.3, 0.4) is 0 Å². The standard InChI is InChI=1S/C17H20FN5O2/c18-12-7-8-14-19-17(21-23(14)10-12)20-15(24)13-6-3-9-22(13)16(25)11-4-1-2-5-11/h7-8,10-11,13H,1-6,9H2,(H,20,21,24)/t13-/m1/s1. The lowest BCUT2D eigenvalue weighted by molar-refractivity contribution is -0.140. The molecule has 2 aromatic heterocycles. The van der Waals surface area contributed by atoms with Crippen LogP contribution in [0, 0.1) is 11.7 Å². The van der Waals surface area contributed by atoms with Crippen LogP contribution in [0.25, 0.3) is 5.65 Å². The van der Waals surface area contributed by atoms with Gasteiger partial charge in [-0.1, -0.05) is 12.8 Å². The molecule has 0 bridgehead atoms. The molecule has 1 saturated heterocycles. The molecule has 2 aromatic rings. The van der Waals surface area contributed by atoms with Crippen molar-refractivity contribution in [3.8, 4) is 0 Å². The predicted octanol–water partition coefficient (Wildman–Crippen LogP) is 1.99. The molecule has 2 aliphatic rings. The van der Waals surface area contributed by atoms with E-state index in [0.717, 1.165) is 32.1 Å². The Balaban J connectivity index is 1.47. The summed E-state index contributed by atoms with van der Waals surface area (Å²) in [6.07, 6.45) is 6.67. The minimum absolute atomic E-state index is 0.0599. The van der Waals surface area contributed by atoms with Crippen LogP contribution >= 0.6 is 0 Å². The highest BCUT2D eigenvalue weighted by Crippen LogP contribution is 2.30. The minimum Gasteiger partial charge on any atom is -0.330 e. The average molecular weight is 345 g/mol. The number of fused-ring (bicyclic) bond motifs is 1. The fourth-order valence-electron chi connectivity index (χ4n) is 3.81. The number of likely N-dealkylation sites (tertiary alicyclic amines) is 1. The van der Waals surface area contributed by atoms with Crippen LogP contribution in [0.5, 0.6) is 0 Å². The highest BCUT2D eigenvalue weighted by Gasteiger charge is 2.38. The summed E-state index contributed by atoms with van der Waals surface area (Å²) in [5.74, 6) is -0.430. The van der Waals surface area contributed by atoms with Crippen molar-refractivity contribution in [2.24, 2.45) is 5.92 Å². The van der Waals surface area contributed by atoms with Crippen molar-refractivity contribution in [2.75, 3.05) is 11.9 Å². The van der Waals surface area contributed by atoms with Crippen LogP contribution < -0.4 is 5.32 Å². The number of nitrogens with one attached hydrogen (secondary N) is 1. The predicted molar refractivity (Wildman–Crippen MR) is 88.3 cm³/mol. The van der Waals surface area contributed by atoms with Crippen molar-refractivity contribution >= 4 is 23.4 Å².